The molecule has 0 aliphatic heterocycles. The van der Waals surface area contributed by atoms with Gasteiger partial charge in [-0.25, -0.2) is 0 Å². The van der Waals surface area contributed by atoms with Gasteiger partial charge in [0.1, 0.15) is 5.84 Å². The minimum atomic E-state index is 0.0550. The number of halogens is 1. The summed E-state index contributed by atoms with van der Waals surface area (Å²) in [5.41, 5.74) is 7.20. The molecule has 0 radical (unpaired) electrons. The molecule has 0 unspecified atom stereocenters. The summed E-state index contributed by atoms with van der Waals surface area (Å²) in [4.78, 5) is 2.15. The van der Waals surface area contributed by atoms with E-state index in [0.29, 0.717) is 10.6 Å². The van der Waals surface area contributed by atoms with Gasteiger partial charge in [0.2, 0.25) is 0 Å². The van der Waals surface area contributed by atoms with Gasteiger partial charge in [0.05, 0.1) is 0 Å². The Kier molecular flexibility index (Phi) is 3.97. The highest BCUT2D eigenvalue weighted by atomic mass is 35.5. The van der Waals surface area contributed by atoms with Gasteiger partial charge in [-0.2, -0.15) is 0 Å². The van der Waals surface area contributed by atoms with Gasteiger partial charge in [-0.1, -0.05) is 11.6 Å². The zero-order valence-corrected chi connectivity index (χ0v) is 9.80. The van der Waals surface area contributed by atoms with Crippen LogP contribution in [-0.4, -0.2) is 18.9 Å². The Morgan fingerprint density at radius 3 is 2.47 bits per heavy atom. The van der Waals surface area contributed by atoms with E-state index in [9.17, 15) is 0 Å². The molecule has 0 amide bonds. The molecule has 4 heteroatoms. The Bertz CT molecular complexity index is 359. The molecular weight excluding hydrogens is 210 g/mol. The summed E-state index contributed by atoms with van der Waals surface area (Å²) in [5, 5.41) is 8.12. The van der Waals surface area contributed by atoms with Crippen LogP contribution in [-0.2, 0) is 0 Å². The van der Waals surface area contributed by atoms with E-state index in [4.69, 9.17) is 22.7 Å². The van der Waals surface area contributed by atoms with Crippen LogP contribution in [0.5, 0.6) is 0 Å². The number of nitrogen functional groups attached to an aromatic ring is 1. The lowest BCUT2D eigenvalue weighted by Gasteiger charge is -2.23. The van der Waals surface area contributed by atoms with Crippen molar-refractivity contribution in [2.24, 2.45) is 5.73 Å². The van der Waals surface area contributed by atoms with Crippen molar-refractivity contribution in [3.63, 3.8) is 0 Å². The lowest BCUT2D eigenvalue weighted by molar-refractivity contribution is 0.865. The lowest BCUT2D eigenvalue weighted by atomic mass is 10.1. The summed E-state index contributed by atoms with van der Waals surface area (Å²) in [7, 11) is 0. The van der Waals surface area contributed by atoms with Crippen LogP contribution in [0.1, 0.15) is 19.4 Å². The molecule has 0 saturated carbocycles. The molecule has 0 spiro atoms. The Balaban J connectivity index is 3.21. The topological polar surface area (TPSA) is 53.1 Å². The van der Waals surface area contributed by atoms with Gasteiger partial charge in [0.15, 0.2) is 0 Å². The third kappa shape index (κ3) is 2.63. The predicted molar refractivity (Wildman–Crippen MR) is 66.0 cm³/mol. The van der Waals surface area contributed by atoms with Crippen molar-refractivity contribution in [2.75, 3.05) is 18.0 Å². The van der Waals surface area contributed by atoms with Gasteiger partial charge in [0.25, 0.3) is 0 Å². The van der Waals surface area contributed by atoms with E-state index in [1.54, 1.807) is 6.07 Å². The molecule has 3 N–H and O–H groups in total. The molecule has 15 heavy (non-hydrogen) atoms. The average Bonchev–Trinajstić information content (AvgIpc) is 2.21. The maximum Gasteiger partial charge on any atom is 0.124 e. The maximum atomic E-state index is 7.51. The van der Waals surface area contributed by atoms with Crippen molar-refractivity contribution >= 4 is 23.1 Å². The molecule has 82 valence electrons. The number of benzene rings is 1. The number of hydrogen-bond donors (Lipinski definition) is 2. The summed E-state index contributed by atoms with van der Waals surface area (Å²) >= 11 is 5.88. The first-order valence-corrected chi connectivity index (χ1v) is 5.36. The van der Waals surface area contributed by atoms with Gasteiger partial charge in [0, 0.05) is 29.4 Å². The van der Waals surface area contributed by atoms with Crippen LogP contribution in [0.25, 0.3) is 0 Å². The van der Waals surface area contributed by atoms with Gasteiger partial charge in [-0.05, 0) is 32.0 Å². The van der Waals surface area contributed by atoms with Crippen molar-refractivity contribution < 1.29 is 0 Å². The zero-order chi connectivity index (χ0) is 11.4. The summed E-state index contributed by atoms with van der Waals surface area (Å²) in [6.07, 6.45) is 0. The van der Waals surface area contributed by atoms with E-state index in [-0.39, 0.29) is 5.84 Å². The highest BCUT2D eigenvalue weighted by Gasteiger charge is 2.10. The number of rotatable bonds is 4. The Morgan fingerprint density at radius 1 is 1.40 bits per heavy atom. The van der Waals surface area contributed by atoms with Crippen LogP contribution in [0.2, 0.25) is 5.02 Å². The number of anilines is 1. The van der Waals surface area contributed by atoms with Crippen molar-refractivity contribution in [1.82, 2.24) is 0 Å². The number of nitrogens with zero attached hydrogens (tertiary/aromatic N) is 1. The van der Waals surface area contributed by atoms with E-state index >= 15 is 0 Å². The largest absolute Gasteiger partial charge is 0.384 e. The van der Waals surface area contributed by atoms with E-state index in [2.05, 4.69) is 18.7 Å². The molecule has 1 aromatic carbocycles. The Hall–Kier alpha value is -1.22. The van der Waals surface area contributed by atoms with E-state index in [0.717, 1.165) is 18.8 Å². The molecule has 3 nitrogen and oxygen atoms in total. The van der Waals surface area contributed by atoms with Crippen molar-refractivity contribution in [1.29, 1.82) is 5.41 Å². The molecular formula is C11H16ClN3. The number of amidine groups is 1. The monoisotopic (exact) mass is 225 g/mol. The summed E-state index contributed by atoms with van der Waals surface area (Å²) in [6, 6.07) is 5.46. The quantitative estimate of drug-likeness (QED) is 0.611. The summed E-state index contributed by atoms with van der Waals surface area (Å²) in [5.74, 6) is 0.0550. The molecule has 0 aliphatic carbocycles. The van der Waals surface area contributed by atoms with Gasteiger partial charge in [-0.15, -0.1) is 0 Å². The minimum Gasteiger partial charge on any atom is -0.384 e. The first-order chi connectivity index (χ1) is 7.10. The zero-order valence-electron chi connectivity index (χ0n) is 9.05. The van der Waals surface area contributed by atoms with E-state index in [1.165, 1.54) is 0 Å². The van der Waals surface area contributed by atoms with Crippen molar-refractivity contribution in [3.8, 4) is 0 Å². The minimum absolute atomic E-state index is 0.0550. The van der Waals surface area contributed by atoms with Crippen LogP contribution < -0.4 is 10.6 Å². The molecule has 0 saturated heterocycles. The Labute approximate surface area is 95.3 Å². The second kappa shape index (κ2) is 5.03. The maximum absolute atomic E-state index is 7.51. The summed E-state index contributed by atoms with van der Waals surface area (Å²) in [6.45, 7) is 5.92. The normalized spacial score (nSPS) is 10.1. The van der Waals surface area contributed by atoms with Crippen molar-refractivity contribution in [3.05, 3.63) is 28.8 Å². The molecule has 0 atom stereocenters. The number of nitrogens with two attached hydrogens (primary N) is 1. The Morgan fingerprint density at radius 2 is 2.00 bits per heavy atom. The molecule has 0 aliphatic rings. The van der Waals surface area contributed by atoms with Gasteiger partial charge in [-0.3, -0.25) is 5.41 Å². The summed E-state index contributed by atoms with van der Waals surface area (Å²) < 4.78 is 0. The molecule has 0 heterocycles. The third-order valence-electron chi connectivity index (χ3n) is 2.35. The molecule has 1 rings (SSSR count). The van der Waals surface area contributed by atoms with Gasteiger partial charge >= 0.3 is 0 Å². The smallest absolute Gasteiger partial charge is 0.124 e. The lowest BCUT2D eigenvalue weighted by Crippen LogP contribution is -2.25. The second-order valence-electron chi connectivity index (χ2n) is 3.25. The average molecular weight is 226 g/mol. The SMILES string of the molecule is CCN(CC)c1ccc(Cl)cc1C(=N)N. The second-order valence-corrected chi connectivity index (χ2v) is 3.68. The first-order valence-electron chi connectivity index (χ1n) is 4.99. The molecule has 0 bridgehead atoms. The predicted octanol–water partition coefficient (Wildman–Crippen LogP) is 2.47. The van der Waals surface area contributed by atoms with Crippen LogP contribution >= 0.6 is 11.6 Å². The van der Waals surface area contributed by atoms with Crippen molar-refractivity contribution in [2.45, 2.75) is 13.8 Å². The fourth-order valence-electron chi connectivity index (χ4n) is 1.56. The molecule has 0 fully saturated rings. The van der Waals surface area contributed by atoms with Crippen LogP contribution in [0, 0.1) is 5.41 Å². The van der Waals surface area contributed by atoms with Crippen LogP contribution in [0.4, 0.5) is 5.69 Å². The van der Waals surface area contributed by atoms with E-state index in [1.807, 2.05) is 12.1 Å². The fraction of sp³-hybridized carbons (Fsp3) is 0.364. The van der Waals surface area contributed by atoms with Gasteiger partial charge < -0.3 is 10.6 Å². The van der Waals surface area contributed by atoms with E-state index < -0.39 is 0 Å². The first kappa shape index (κ1) is 11.9. The fourth-order valence-corrected chi connectivity index (χ4v) is 1.74. The highest BCUT2D eigenvalue weighted by molar-refractivity contribution is 6.31. The number of hydrogen-bond acceptors (Lipinski definition) is 2. The standard InChI is InChI=1S/C11H16ClN3/c1-3-15(4-2)10-6-5-8(12)7-9(10)11(13)14/h5-7H,3-4H2,1-2H3,(H3,13,14). The molecule has 1 aromatic rings. The van der Waals surface area contributed by atoms with Crippen LogP contribution in [0.15, 0.2) is 18.2 Å². The number of nitrogens with one attached hydrogen (secondary N) is 1. The third-order valence-corrected chi connectivity index (χ3v) is 2.59. The van der Waals surface area contributed by atoms with Crippen LogP contribution in [0.3, 0.4) is 0 Å². The highest BCUT2D eigenvalue weighted by Crippen LogP contribution is 2.23. The molecule has 0 aromatic heterocycles.